The molecule has 2 heterocycles. The summed E-state index contributed by atoms with van der Waals surface area (Å²) in [6.07, 6.45) is 2.68. The van der Waals surface area contributed by atoms with Crippen LogP contribution in [-0.4, -0.2) is 37.8 Å². The first-order valence-corrected chi connectivity index (χ1v) is 6.26. The number of hydrogen-bond acceptors (Lipinski definition) is 4. The van der Waals surface area contributed by atoms with Crippen LogP contribution in [0.25, 0.3) is 0 Å². The van der Waals surface area contributed by atoms with Crippen LogP contribution >= 0.6 is 0 Å². The first kappa shape index (κ1) is 13.0. The van der Waals surface area contributed by atoms with Gasteiger partial charge in [-0.15, -0.1) is 5.10 Å². The smallest absolute Gasteiger partial charge is 0.358 e. The molecule has 1 saturated heterocycles. The van der Waals surface area contributed by atoms with E-state index in [2.05, 4.69) is 24.2 Å². The second-order valence-corrected chi connectivity index (χ2v) is 5.26. The van der Waals surface area contributed by atoms with Gasteiger partial charge >= 0.3 is 5.97 Å². The predicted molar refractivity (Wildman–Crippen MR) is 64.5 cm³/mol. The topological polar surface area (TPSA) is 77.2 Å². The highest BCUT2D eigenvalue weighted by Crippen LogP contribution is 2.30. The molecule has 0 spiro atoms. The van der Waals surface area contributed by atoms with Crippen LogP contribution in [0.15, 0.2) is 0 Å². The maximum absolute atomic E-state index is 11.0. The summed E-state index contributed by atoms with van der Waals surface area (Å²) in [5.74, 6) is -1.02. The minimum Gasteiger partial charge on any atom is -0.476 e. The Morgan fingerprint density at radius 1 is 1.61 bits per heavy atom. The average molecular weight is 253 g/mol. The zero-order chi connectivity index (χ0) is 13.3. The SMILES string of the molecule is CCc1c(C(=O)O)nnn1CC1CCC(C)(C)O1. The van der Waals surface area contributed by atoms with Gasteiger partial charge in [-0.05, 0) is 33.1 Å². The Morgan fingerprint density at radius 3 is 2.83 bits per heavy atom. The quantitative estimate of drug-likeness (QED) is 0.879. The fourth-order valence-corrected chi connectivity index (χ4v) is 2.39. The van der Waals surface area contributed by atoms with Crippen LogP contribution in [0, 0.1) is 0 Å². The van der Waals surface area contributed by atoms with Crippen LogP contribution in [0.3, 0.4) is 0 Å². The minimum absolute atomic E-state index is 0.0507. The molecular formula is C12H19N3O3. The van der Waals surface area contributed by atoms with Gasteiger partial charge in [0.2, 0.25) is 0 Å². The Kier molecular flexibility index (Phi) is 3.38. The van der Waals surface area contributed by atoms with Gasteiger partial charge in [-0.1, -0.05) is 12.1 Å². The normalized spacial score (nSPS) is 22.3. The summed E-state index contributed by atoms with van der Waals surface area (Å²) < 4.78 is 7.55. The molecule has 0 aromatic carbocycles. The maximum Gasteiger partial charge on any atom is 0.358 e. The second-order valence-electron chi connectivity index (χ2n) is 5.26. The molecule has 1 unspecified atom stereocenters. The predicted octanol–water partition coefficient (Wildman–Crippen LogP) is 1.50. The van der Waals surface area contributed by atoms with E-state index in [0.717, 1.165) is 12.8 Å². The number of rotatable bonds is 4. The Hall–Kier alpha value is -1.43. The molecule has 1 aliphatic heterocycles. The van der Waals surface area contributed by atoms with Crippen LogP contribution in [0.1, 0.15) is 49.8 Å². The van der Waals surface area contributed by atoms with Gasteiger partial charge in [-0.25, -0.2) is 9.48 Å². The highest BCUT2D eigenvalue weighted by molar-refractivity contribution is 5.86. The van der Waals surface area contributed by atoms with E-state index < -0.39 is 5.97 Å². The molecular weight excluding hydrogens is 234 g/mol. The van der Waals surface area contributed by atoms with Crippen LogP contribution in [0.5, 0.6) is 0 Å². The molecule has 6 nitrogen and oxygen atoms in total. The third kappa shape index (κ3) is 2.53. The number of hydrogen-bond donors (Lipinski definition) is 1. The van der Waals surface area contributed by atoms with E-state index in [9.17, 15) is 4.79 Å². The highest BCUT2D eigenvalue weighted by atomic mass is 16.5. The number of aromatic nitrogens is 3. The molecule has 1 fully saturated rings. The van der Waals surface area contributed by atoms with Crippen molar-refractivity contribution in [1.82, 2.24) is 15.0 Å². The van der Waals surface area contributed by atoms with Crippen molar-refractivity contribution in [1.29, 1.82) is 0 Å². The van der Waals surface area contributed by atoms with Crippen LogP contribution in [0.2, 0.25) is 0 Å². The van der Waals surface area contributed by atoms with Crippen LogP contribution < -0.4 is 0 Å². The van der Waals surface area contributed by atoms with Crippen molar-refractivity contribution < 1.29 is 14.6 Å². The summed E-state index contributed by atoms with van der Waals surface area (Å²) in [5, 5.41) is 16.7. The molecule has 1 aromatic heterocycles. The molecule has 0 aliphatic carbocycles. The molecule has 2 rings (SSSR count). The van der Waals surface area contributed by atoms with Gasteiger partial charge in [0.25, 0.3) is 0 Å². The Bertz CT molecular complexity index is 453. The van der Waals surface area contributed by atoms with Crippen molar-refractivity contribution in [3.63, 3.8) is 0 Å². The molecule has 0 amide bonds. The lowest BCUT2D eigenvalue weighted by atomic mass is 10.1. The van der Waals surface area contributed by atoms with Crippen molar-refractivity contribution in [3.05, 3.63) is 11.4 Å². The Morgan fingerprint density at radius 2 is 2.33 bits per heavy atom. The van der Waals surface area contributed by atoms with Gasteiger partial charge in [0.05, 0.1) is 23.9 Å². The monoisotopic (exact) mass is 253 g/mol. The third-order valence-corrected chi connectivity index (χ3v) is 3.31. The molecule has 100 valence electrons. The van der Waals surface area contributed by atoms with E-state index >= 15 is 0 Å². The van der Waals surface area contributed by atoms with E-state index in [-0.39, 0.29) is 17.4 Å². The summed E-state index contributed by atoms with van der Waals surface area (Å²) in [5.41, 5.74) is 0.623. The van der Waals surface area contributed by atoms with Crippen LogP contribution in [0.4, 0.5) is 0 Å². The molecule has 18 heavy (non-hydrogen) atoms. The minimum atomic E-state index is -1.02. The number of ether oxygens (including phenoxy) is 1. The van der Waals surface area contributed by atoms with Crippen molar-refractivity contribution in [2.75, 3.05) is 0 Å². The number of carboxylic acids is 1. The first-order valence-electron chi connectivity index (χ1n) is 6.26. The van der Waals surface area contributed by atoms with E-state index in [1.165, 1.54) is 0 Å². The number of carbonyl (C=O) groups is 1. The fourth-order valence-electron chi connectivity index (χ4n) is 2.39. The van der Waals surface area contributed by atoms with E-state index in [0.29, 0.717) is 18.7 Å². The fraction of sp³-hybridized carbons (Fsp3) is 0.750. The number of carboxylic acid groups (broad SMARTS) is 1. The summed E-state index contributed by atoms with van der Waals surface area (Å²) in [7, 11) is 0. The van der Waals surface area contributed by atoms with Gasteiger partial charge in [-0.2, -0.15) is 0 Å². The van der Waals surface area contributed by atoms with Crippen molar-refractivity contribution in [3.8, 4) is 0 Å². The van der Waals surface area contributed by atoms with Crippen molar-refractivity contribution in [2.24, 2.45) is 0 Å². The molecule has 1 aliphatic rings. The summed E-state index contributed by atoms with van der Waals surface area (Å²) in [4.78, 5) is 11.0. The Labute approximate surface area is 106 Å². The molecule has 1 atom stereocenters. The molecule has 1 N–H and O–H groups in total. The van der Waals surface area contributed by atoms with Crippen LogP contribution in [-0.2, 0) is 17.7 Å². The van der Waals surface area contributed by atoms with Gasteiger partial charge < -0.3 is 9.84 Å². The van der Waals surface area contributed by atoms with Gasteiger partial charge in [-0.3, -0.25) is 0 Å². The molecule has 0 saturated carbocycles. The Balaban J connectivity index is 2.13. The molecule has 1 aromatic rings. The largest absolute Gasteiger partial charge is 0.476 e. The van der Waals surface area contributed by atoms with Crippen molar-refractivity contribution in [2.45, 2.75) is 58.3 Å². The molecule has 0 radical (unpaired) electrons. The van der Waals surface area contributed by atoms with Gasteiger partial charge in [0, 0.05) is 0 Å². The second kappa shape index (κ2) is 4.68. The highest BCUT2D eigenvalue weighted by Gasteiger charge is 2.32. The van der Waals surface area contributed by atoms with E-state index in [4.69, 9.17) is 9.84 Å². The first-order chi connectivity index (χ1) is 8.43. The van der Waals surface area contributed by atoms with Gasteiger partial charge in [0.15, 0.2) is 5.69 Å². The average Bonchev–Trinajstić information content (AvgIpc) is 2.82. The van der Waals surface area contributed by atoms with Gasteiger partial charge in [0.1, 0.15) is 0 Å². The van der Waals surface area contributed by atoms with Crippen molar-refractivity contribution >= 4 is 5.97 Å². The standard InChI is InChI=1S/C12H19N3O3/c1-4-9-10(11(16)17)13-14-15(9)7-8-5-6-12(2,3)18-8/h8H,4-7H2,1-3H3,(H,16,17). The maximum atomic E-state index is 11.0. The molecule has 0 bridgehead atoms. The lowest BCUT2D eigenvalue weighted by Gasteiger charge is -2.19. The van der Waals surface area contributed by atoms with E-state index in [1.807, 2.05) is 6.92 Å². The molecule has 6 heteroatoms. The zero-order valence-electron chi connectivity index (χ0n) is 11.0. The zero-order valence-corrected chi connectivity index (χ0v) is 11.0. The lowest BCUT2D eigenvalue weighted by Crippen LogP contribution is -2.24. The summed E-state index contributed by atoms with van der Waals surface area (Å²) >= 11 is 0. The third-order valence-electron chi connectivity index (χ3n) is 3.31. The number of aromatic carboxylic acids is 1. The van der Waals surface area contributed by atoms with E-state index in [1.54, 1.807) is 4.68 Å². The summed E-state index contributed by atoms with van der Waals surface area (Å²) in [6.45, 7) is 6.61. The summed E-state index contributed by atoms with van der Waals surface area (Å²) in [6, 6.07) is 0. The number of nitrogens with zero attached hydrogens (tertiary/aromatic N) is 3. The lowest BCUT2D eigenvalue weighted by molar-refractivity contribution is -0.0234.